The van der Waals surface area contributed by atoms with E-state index in [1.807, 2.05) is 95.3 Å². The summed E-state index contributed by atoms with van der Waals surface area (Å²) in [5, 5.41) is 10.5. The molecule has 1 aliphatic heterocycles. The number of carbonyl (C=O) groups excluding carboxylic acids is 2. The summed E-state index contributed by atoms with van der Waals surface area (Å²) in [6.45, 7) is 9.56. The Balaban J connectivity index is 2.13. The molecular weight excluding hydrogens is 378 g/mol. The van der Waals surface area contributed by atoms with E-state index in [4.69, 9.17) is 4.74 Å². The van der Waals surface area contributed by atoms with Crippen molar-refractivity contribution >= 4 is 12.0 Å². The Kier molecular flexibility index (Phi) is 6.04. The first-order valence-corrected chi connectivity index (χ1v) is 10.4. The predicted octanol–water partition coefficient (Wildman–Crippen LogP) is 4.73. The molecule has 1 N–H and O–H groups in total. The molecule has 0 bridgehead atoms. The van der Waals surface area contributed by atoms with E-state index in [9.17, 15) is 14.7 Å². The lowest BCUT2D eigenvalue weighted by Gasteiger charge is -2.38. The minimum atomic E-state index is -1.11. The van der Waals surface area contributed by atoms with E-state index < -0.39 is 35.2 Å². The molecule has 1 heterocycles. The maximum atomic E-state index is 13.2. The van der Waals surface area contributed by atoms with Gasteiger partial charge in [0, 0.05) is 11.1 Å². The fourth-order valence-electron chi connectivity index (χ4n) is 4.13. The quantitative estimate of drug-likeness (QED) is 0.775. The van der Waals surface area contributed by atoms with E-state index in [2.05, 4.69) is 0 Å². The van der Waals surface area contributed by atoms with Crippen LogP contribution in [0.25, 0.3) is 0 Å². The number of hydrogen-bond donors (Lipinski definition) is 1. The zero-order valence-corrected chi connectivity index (χ0v) is 18.3. The molecule has 0 spiro atoms. The van der Waals surface area contributed by atoms with Crippen LogP contribution in [-0.4, -0.2) is 34.2 Å². The van der Waals surface area contributed by atoms with Gasteiger partial charge in [-0.2, -0.15) is 0 Å². The van der Waals surface area contributed by atoms with E-state index in [0.717, 1.165) is 11.1 Å². The third-order valence-electron chi connectivity index (χ3n) is 5.81. The highest BCUT2D eigenvalue weighted by atomic mass is 16.6. The second-order valence-corrected chi connectivity index (χ2v) is 9.37. The third kappa shape index (κ3) is 3.86. The molecule has 2 atom stereocenters. The molecule has 3 rings (SSSR count). The largest absolute Gasteiger partial charge is 0.430 e. The van der Waals surface area contributed by atoms with Crippen LogP contribution in [0, 0.1) is 11.3 Å². The number of imide groups is 1. The number of hydrogen-bond acceptors (Lipinski definition) is 4. The number of nitrogens with zero attached hydrogens (tertiary/aromatic N) is 1. The number of cyclic esters (lactones) is 1. The highest BCUT2D eigenvalue weighted by Crippen LogP contribution is 2.47. The van der Waals surface area contributed by atoms with Crippen LogP contribution in [0.3, 0.4) is 0 Å². The van der Waals surface area contributed by atoms with Gasteiger partial charge < -0.3 is 9.84 Å². The normalized spacial score (nSPS) is 19.6. The number of aliphatic hydroxyl groups is 1. The van der Waals surface area contributed by atoms with Gasteiger partial charge in [-0.05, 0) is 11.3 Å². The van der Waals surface area contributed by atoms with Crippen molar-refractivity contribution in [1.82, 2.24) is 4.90 Å². The van der Waals surface area contributed by atoms with Crippen molar-refractivity contribution in [1.29, 1.82) is 0 Å². The van der Waals surface area contributed by atoms with Crippen LogP contribution >= 0.6 is 0 Å². The molecule has 0 unspecified atom stereocenters. The Morgan fingerprint density at radius 1 is 1.03 bits per heavy atom. The molecule has 1 saturated heterocycles. The lowest BCUT2D eigenvalue weighted by Crippen LogP contribution is -2.50. The van der Waals surface area contributed by atoms with Gasteiger partial charge in [-0.25, -0.2) is 9.69 Å². The minimum absolute atomic E-state index is 0.0763. The molecule has 0 aromatic heterocycles. The standard InChI is InChI=1S/C25H31NO4/c1-17(2)22-25(18-12-8-6-9-13-18,19-14-10-7-11-15-19)30-23(29)26(22)21(28)16-20(27)24(3,4)5/h6-15,17,20,22,27H,16H2,1-5H3/t20-,22+/m1/s1. The molecule has 1 fully saturated rings. The van der Waals surface area contributed by atoms with Gasteiger partial charge in [0.25, 0.3) is 0 Å². The molecule has 5 nitrogen and oxygen atoms in total. The highest BCUT2D eigenvalue weighted by molar-refractivity contribution is 5.95. The lowest BCUT2D eigenvalue weighted by molar-refractivity contribution is -0.134. The molecular formula is C25H31NO4. The number of benzene rings is 2. The number of ether oxygens (including phenoxy) is 1. The lowest BCUT2D eigenvalue weighted by atomic mass is 9.75. The van der Waals surface area contributed by atoms with Crippen molar-refractivity contribution in [3.63, 3.8) is 0 Å². The van der Waals surface area contributed by atoms with Gasteiger partial charge in [0.1, 0.15) is 0 Å². The maximum Gasteiger partial charge on any atom is 0.418 e. The fraction of sp³-hybridized carbons (Fsp3) is 0.440. The summed E-state index contributed by atoms with van der Waals surface area (Å²) in [4.78, 5) is 27.6. The van der Waals surface area contributed by atoms with Crippen LogP contribution in [0.4, 0.5) is 4.79 Å². The average molecular weight is 410 g/mol. The molecule has 5 heteroatoms. The Morgan fingerprint density at radius 3 is 1.90 bits per heavy atom. The van der Waals surface area contributed by atoms with Gasteiger partial charge in [0.2, 0.25) is 5.91 Å². The Hall–Kier alpha value is -2.66. The average Bonchev–Trinajstić information content (AvgIpc) is 3.03. The monoisotopic (exact) mass is 409 g/mol. The van der Waals surface area contributed by atoms with E-state index in [1.54, 1.807) is 0 Å². The first-order chi connectivity index (χ1) is 14.1. The second-order valence-electron chi connectivity index (χ2n) is 9.37. The van der Waals surface area contributed by atoms with Gasteiger partial charge >= 0.3 is 6.09 Å². The molecule has 160 valence electrons. The van der Waals surface area contributed by atoms with Gasteiger partial charge in [0.15, 0.2) is 5.60 Å². The summed E-state index contributed by atoms with van der Waals surface area (Å²) >= 11 is 0. The molecule has 0 saturated carbocycles. The summed E-state index contributed by atoms with van der Waals surface area (Å²) in [5.41, 5.74) is 0.0448. The van der Waals surface area contributed by atoms with Crippen LogP contribution < -0.4 is 0 Å². The molecule has 30 heavy (non-hydrogen) atoms. The molecule has 0 radical (unpaired) electrons. The van der Waals surface area contributed by atoms with Gasteiger partial charge in [-0.1, -0.05) is 95.3 Å². The Morgan fingerprint density at radius 2 is 1.50 bits per heavy atom. The maximum absolute atomic E-state index is 13.2. The van der Waals surface area contributed by atoms with Crippen LogP contribution in [0.2, 0.25) is 0 Å². The highest BCUT2D eigenvalue weighted by Gasteiger charge is 2.59. The van der Waals surface area contributed by atoms with Crippen molar-refractivity contribution < 1.29 is 19.4 Å². The molecule has 2 aromatic carbocycles. The van der Waals surface area contributed by atoms with Crippen molar-refractivity contribution in [2.24, 2.45) is 11.3 Å². The summed E-state index contributed by atoms with van der Waals surface area (Å²) in [5.74, 6) is -0.498. The SMILES string of the molecule is CC(C)[C@@H]1N(C(=O)C[C@@H](O)C(C)(C)C)C(=O)OC1(c1ccccc1)c1ccccc1. The van der Waals surface area contributed by atoms with Crippen LogP contribution in [-0.2, 0) is 15.1 Å². The van der Waals surface area contributed by atoms with Gasteiger partial charge in [-0.15, -0.1) is 0 Å². The zero-order valence-electron chi connectivity index (χ0n) is 18.3. The van der Waals surface area contributed by atoms with Crippen molar-refractivity contribution in [3.8, 4) is 0 Å². The molecule has 1 aliphatic rings. The second kappa shape index (κ2) is 8.23. The van der Waals surface area contributed by atoms with Crippen LogP contribution in [0.15, 0.2) is 60.7 Å². The summed E-state index contributed by atoms with van der Waals surface area (Å²) in [6.07, 6.45) is -1.68. The minimum Gasteiger partial charge on any atom is -0.430 e. The number of rotatable bonds is 5. The van der Waals surface area contributed by atoms with Gasteiger partial charge in [0.05, 0.1) is 18.6 Å². The molecule has 0 aliphatic carbocycles. The first kappa shape index (κ1) is 22.0. The molecule has 2 amide bonds. The van der Waals surface area contributed by atoms with Crippen molar-refractivity contribution in [2.45, 2.75) is 58.8 Å². The van der Waals surface area contributed by atoms with E-state index in [0.29, 0.717) is 0 Å². The van der Waals surface area contributed by atoms with Crippen LogP contribution in [0.5, 0.6) is 0 Å². The fourth-order valence-corrected chi connectivity index (χ4v) is 4.13. The summed E-state index contributed by atoms with van der Waals surface area (Å²) in [6, 6.07) is 18.6. The van der Waals surface area contributed by atoms with Gasteiger partial charge in [-0.3, -0.25) is 4.79 Å². The van der Waals surface area contributed by atoms with Crippen LogP contribution in [0.1, 0.15) is 52.2 Å². The van der Waals surface area contributed by atoms with E-state index in [1.165, 1.54) is 4.90 Å². The topological polar surface area (TPSA) is 66.8 Å². The van der Waals surface area contributed by atoms with E-state index >= 15 is 0 Å². The summed E-state index contributed by atoms with van der Waals surface area (Å²) in [7, 11) is 0. The molecule has 2 aromatic rings. The van der Waals surface area contributed by atoms with Crippen molar-refractivity contribution in [3.05, 3.63) is 71.8 Å². The smallest absolute Gasteiger partial charge is 0.418 e. The number of carbonyl (C=O) groups is 2. The third-order valence-corrected chi connectivity index (χ3v) is 5.81. The van der Waals surface area contributed by atoms with E-state index in [-0.39, 0.29) is 12.3 Å². The number of amides is 2. The summed E-state index contributed by atoms with van der Waals surface area (Å²) < 4.78 is 6.08. The zero-order chi connectivity index (χ0) is 22.1. The predicted molar refractivity (Wildman–Crippen MR) is 116 cm³/mol. The first-order valence-electron chi connectivity index (χ1n) is 10.4. The number of aliphatic hydroxyl groups excluding tert-OH is 1. The Labute approximate surface area is 178 Å². The van der Waals surface area contributed by atoms with Crippen molar-refractivity contribution in [2.75, 3.05) is 0 Å². The Bertz CT molecular complexity index is 847.